The smallest absolute Gasteiger partial charge is 0.113 e. The molecule has 1 aromatic rings. The lowest BCUT2D eigenvalue weighted by atomic mass is 9.74. The van der Waals surface area contributed by atoms with Crippen LogP contribution in [0.4, 0.5) is 0 Å². The van der Waals surface area contributed by atoms with Gasteiger partial charge in [-0.25, -0.2) is 4.98 Å². The molecule has 106 valence electrons. The first-order valence-corrected chi connectivity index (χ1v) is 7.85. The summed E-state index contributed by atoms with van der Waals surface area (Å²) in [6, 6.07) is 0. The van der Waals surface area contributed by atoms with Crippen LogP contribution in [0.3, 0.4) is 0 Å². The largest absolute Gasteiger partial charge is 0.383 e. The van der Waals surface area contributed by atoms with E-state index < -0.39 is 0 Å². The van der Waals surface area contributed by atoms with Crippen molar-refractivity contribution in [3.63, 3.8) is 0 Å². The lowest BCUT2D eigenvalue weighted by Crippen LogP contribution is -2.56. The highest BCUT2D eigenvalue weighted by Crippen LogP contribution is 2.45. The predicted molar refractivity (Wildman–Crippen MR) is 75.7 cm³/mol. The molecule has 2 aliphatic carbocycles. The molecule has 19 heavy (non-hydrogen) atoms. The van der Waals surface area contributed by atoms with Crippen molar-refractivity contribution in [1.29, 1.82) is 0 Å². The van der Waals surface area contributed by atoms with E-state index in [2.05, 4.69) is 5.32 Å². The molecule has 1 N–H and O–H groups in total. The number of aryl methyl sites for hydroxylation is 2. The van der Waals surface area contributed by atoms with Crippen LogP contribution in [0.5, 0.6) is 0 Å². The van der Waals surface area contributed by atoms with Crippen LogP contribution in [0, 0.1) is 0 Å². The molecule has 0 amide bonds. The summed E-state index contributed by atoms with van der Waals surface area (Å²) in [5, 5.41) is 4.91. The summed E-state index contributed by atoms with van der Waals surface area (Å²) in [6.45, 7) is 1.61. The molecule has 0 spiro atoms. The second-order valence-corrected chi connectivity index (χ2v) is 6.59. The Morgan fingerprint density at radius 1 is 1.37 bits per heavy atom. The molecular weight excluding hydrogens is 260 g/mol. The number of hydrogen-bond acceptors (Lipinski definition) is 5. The Morgan fingerprint density at radius 3 is 2.89 bits per heavy atom. The molecular formula is C14H22N2O2S. The van der Waals surface area contributed by atoms with Crippen molar-refractivity contribution in [3.8, 4) is 0 Å². The van der Waals surface area contributed by atoms with E-state index in [0.29, 0.717) is 6.10 Å². The van der Waals surface area contributed by atoms with Gasteiger partial charge in [0.15, 0.2) is 0 Å². The monoisotopic (exact) mass is 282 g/mol. The molecule has 0 radical (unpaired) electrons. The minimum Gasteiger partial charge on any atom is -0.383 e. The molecule has 0 aromatic carbocycles. The van der Waals surface area contributed by atoms with Crippen molar-refractivity contribution >= 4 is 11.3 Å². The van der Waals surface area contributed by atoms with Crippen LogP contribution in [0.2, 0.25) is 0 Å². The van der Waals surface area contributed by atoms with Crippen LogP contribution >= 0.6 is 11.3 Å². The van der Waals surface area contributed by atoms with Gasteiger partial charge in [0.2, 0.25) is 0 Å². The summed E-state index contributed by atoms with van der Waals surface area (Å²) in [6.07, 6.45) is 6.08. The van der Waals surface area contributed by atoms with Crippen LogP contribution in [-0.2, 0) is 27.9 Å². The number of rotatable bonds is 6. The standard InChI is InChI=1S/C14H22N2O2S/c1-17-7-6-15-14(8-10(9-14)18-2)13-16-11-4-3-5-12(11)19-13/h10,15H,3-9H2,1-2H3. The average molecular weight is 282 g/mol. The minimum atomic E-state index is 0.0359. The molecule has 0 unspecified atom stereocenters. The van der Waals surface area contributed by atoms with Crippen LogP contribution < -0.4 is 5.32 Å². The molecule has 0 atom stereocenters. The van der Waals surface area contributed by atoms with Gasteiger partial charge in [-0.05, 0) is 32.1 Å². The van der Waals surface area contributed by atoms with E-state index in [-0.39, 0.29) is 5.54 Å². The highest BCUT2D eigenvalue weighted by Gasteiger charge is 2.48. The fourth-order valence-corrected chi connectivity index (χ4v) is 4.40. The molecule has 0 aliphatic heterocycles. The van der Waals surface area contributed by atoms with E-state index in [1.807, 2.05) is 11.3 Å². The van der Waals surface area contributed by atoms with E-state index in [1.165, 1.54) is 28.4 Å². The second-order valence-electron chi connectivity index (χ2n) is 5.51. The van der Waals surface area contributed by atoms with Crippen LogP contribution in [0.15, 0.2) is 0 Å². The Bertz CT molecular complexity index is 419. The molecule has 1 saturated carbocycles. The van der Waals surface area contributed by atoms with Crippen molar-refractivity contribution in [2.75, 3.05) is 27.4 Å². The summed E-state index contributed by atoms with van der Waals surface area (Å²) in [4.78, 5) is 6.40. The summed E-state index contributed by atoms with van der Waals surface area (Å²) in [7, 11) is 3.54. The van der Waals surface area contributed by atoms with E-state index >= 15 is 0 Å². The highest BCUT2D eigenvalue weighted by molar-refractivity contribution is 7.12. The maximum atomic E-state index is 5.45. The number of methoxy groups -OCH3 is 2. The second kappa shape index (κ2) is 5.48. The van der Waals surface area contributed by atoms with Crippen molar-refractivity contribution in [2.24, 2.45) is 0 Å². The summed E-state index contributed by atoms with van der Waals surface area (Å²) < 4.78 is 10.6. The van der Waals surface area contributed by atoms with Gasteiger partial charge >= 0.3 is 0 Å². The fraction of sp³-hybridized carbons (Fsp3) is 0.786. The van der Waals surface area contributed by atoms with Crippen molar-refractivity contribution in [3.05, 3.63) is 15.6 Å². The van der Waals surface area contributed by atoms with Gasteiger partial charge in [-0.3, -0.25) is 0 Å². The number of hydrogen-bond donors (Lipinski definition) is 1. The number of nitrogens with one attached hydrogen (secondary N) is 1. The fourth-order valence-electron chi connectivity index (χ4n) is 3.07. The molecule has 1 heterocycles. The normalized spacial score (nSPS) is 29.3. The summed E-state index contributed by atoms with van der Waals surface area (Å²) in [5.74, 6) is 0. The van der Waals surface area contributed by atoms with Gasteiger partial charge in [0.05, 0.1) is 23.9 Å². The molecule has 0 saturated heterocycles. The lowest BCUT2D eigenvalue weighted by Gasteiger charge is -2.46. The van der Waals surface area contributed by atoms with E-state index in [0.717, 1.165) is 32.4 Å². The third-order valence-electron chi connectivity index (χ3n) is 4.26. The van der Waals surface area contributed by atoms with Crippen molar-refractivity contribution in [1.82, 2.24) is 10.3 Å². The number of thiazole rings is 1. The molecule has 3 rings (SSSR count). The number of nitrogens with zero attached hydrogens (tertiary/aromatic N) is 1. The van der Waals surface area contributed by atoms with Gasteiger partial charge in [-0.2, -0.15) is 0 Å². The third-order valence-corrected chi connectivity index (χ3v) is 5.62. The van der Waals surface area contributed by atoms with Gasteiger partial charge in [-0.15, -0.1) is 11.3 Å². The van der Waals surface area contributed by atoms with E-state index in [9.17, 15) is 0 Å². The zero-order valence-electron chi connectivity index (χ0n) is 11.7. The maximum Gasteiger partial charge on any atom is 0.113 e. The van der Waals surface area contributed by atoms with E-state index in [1.54, 1.807) is 14.2 Å². The Kier molecular flexibility index (Phi) is 3.89. The minimum absolute atomic E-state index is 0.0359. The Labute approximate surface area is 118 Å². The lowest BCUT2D eigenvalue weighted by molar-refractivity contribution is -0.0350. The topological polar surface area (TPSA) is 43.4 Å². The van der Waals surface area contributed by atoms with E-state index in [4.69, 9.17) is 14.5 Å². The first kappa shape index (κ1) is 13.5. The average Bonchev–Trinajstić information content (AvgIpc) is 2.93. The Balaban J connectivity index is 1.75. The molecule has 1 fully saturated rings. The number of ether oxygens (including phenoxy) is 2. The zero-order valence-corrected chi connectivity index (χ0v) is 12.5. The van der Waals surface area contributed by atoms with Gasteiger partial charge in [0.25, 0.3) is 0 Å². The van der Waals surface area contributed by atoms with Gasteiger partial charge in [-0.1, -0.05) is 0 Å². The quantitative estimate of drug-likeness (QED) is 0.809. The molecule has 2 aliphatic rings. The third kappa shape index (κ3) is 2.44. The highest BCUT2D eigenvalue weighted by atomic mass is 32.1. The summed E-state index contributed by atoms with van der Waals surface area (Å²) >= 11 is 1.91. The zero-order chi connectivity index (χ0) is 13.3. The van der Waals surface area contributed by atoms with Gasteiger partial charge < -0.3 is 14.8 Å². The Hall–Kier alpha value is -0.490. The molecule has 0 bridgehead atoms. The molecule has 1 aromatic heterocycles. The predicted octanol–water partition coefficient (Wildman–Crippen LogP) is 1.87. The molecule has 4 nitrogen and oxygen atoms in total. The van der Waals surface area contributed by atoms with Crippen LogP contribution in [0.1, 0.15) is 34.8 Å². The first-order valence-electron chi connectivity index (χ1n) is 7.03. The summed E-state index contributed by atoms with van der Waals surface area (Å²) in [5.41, 5.74) is 1.38. The van der Waals surface area contributed by atoms with Crippen molar-refractivity contribution in [2.45, 2.75) is 43.7 Å². The SMILES string of the molecule is COCCNC1(c2nc3c(s2)CCC3)CC(OC)C1. The van der Waals surface area contributed by atoms with Gasteiger partial charge in [0, 0.05) is 25.6 Å². The first-order chi connectivity index (χ1) is 9.27. The Morgan fingerprint density at radius 2 is 2.21 bits per heavy atom. The number of fused-ring (bicyclic) bond motifs is 1. The van der Waals surface area contributed by atoms with Gasteiger partial charge in [0.1, 0.15) is 5.01 Å². The van der Waals surface area contributed by atoms with Crippen LogP contribution in [-0.4, -0.2) is 38.5 Å². The van der Waals surface area contributed by atoms with Crippen LogP contribution in [0.25, 0.3) is 0 Å². The van der Waals surface area contributed by atoms with Crippen molar-refractivity contribution < 1.29 is 9.47 Å². The maximum absolute atomic E-state index is 5.45. The number of aromatic nitrogens is 1. The molecule has 5 heteroatoms.